The molecule has 0 radical (unpaired) electrons. The summed E-state index contributed by atoms with van der Waals surface area (Å²) >= 11 is 0. The molecule has 1 atom stereocenters. The van der Waals surface area contributed by atoms with Gasteiger partial charge in [-0.1, -0.05) is 12.1 Å². The van der Waals surface area contributed by atoms with Gasteiger partial charge >= 0.3 is 0 Å². The second-order valence-electron chi connectivity index (χ2n) is 3.34. The predicted molar refractivity (Wildman–Crippen MR) is 48.7 cm³/mol. The van der Waals surface area contributed by atoms with Gasteiger partial charge in [0.05, 0.1) is 5.56 Å². The Morgan fingerprint density at radius 2 is 2.00 bits per heavy atom. The van der Waals surface area contributed by atoms with E-state index in [0.29, 0.717) is 12.0 Å². The number of rotatable bonds is 3. The summed E-state index contributed by atoms with van der Waals surface area (Å²) in [6, 6.07) is 3.60. The molecular formula is C10H12F3N. The van der Waals surface area contributed by atoms with Gasteiger partial charge in [0.15, 0.2) is 0 Å². The van der Waals surface area contributed by atoms with Crippen molar-refractivity contribution in [3.05, 3.63) is 35.1 Å². The molecule has 1 rings (SSSR count). The Balaban J connectivity index is 2.89. The van der Waals surface area contributed by atoms with E-state index in [9.17, 15) is 13.2 Å². The standard InChI is InChI=1S/C10H12F3N/c1-6(14)4-7-2-3-8(10(12)13)9(11)5-7/h2-3,5-6,10H,4,14H2,1H3/t6-/m0/s1. The van der Waals surface area contributed by atoms with Crippen molar-refractivity contribution in [1.29, 1.82) is 0 Å². The second kappa shape index (κ2) is 4.46. The fourth-order valence-electron chi connectivity index (χ4n) is 1.25. The van der Waals surface area contributed by atoms with Crippen molar-refractivity contribution in [3.63, 3.8) is 0 Å². The van der Waals surface area contributed by atoms with Crippen LogP contribution in [0.5, 0.6) is 0 Å². The summed E-state index contributed by atoms with van der Waals surface area (Å²) < 4.78 is 37.3. The number of hydrogen-bond donors (Lipinski definition) is 1. The van der Waals surface area contributed by atoms with Crippen molar-refractivity contribution in [3.8, 4) is 0 Å². The van der Waals surface area contributed by atoms with Crippen LogP contribution in [0.4, 0.5) is 13.2 Å². The Labute approximate surface area is 80.7 Å². The number of halogens is 3. The zero-order valence-corrected chi connectivity index (χ0v) is 7.81. The summed E-state index contributed by atoms with van der Waals surface area (Å²) in [7, 11) is 0. The fraction of sp³-hybridized carbons (Fsp3) is 0.400. The molecule has 1 aromatic carbocycles. The third-order valence-corrected chi connectivity index (χ3v) is 1.86. The smallest absolute Gasteiger partial charge is 0.266 e. The third-order valence-electron chi connectivity index (χ3n) is 1.86. The van der Waals surface area contributed by atoms with Gasteiger partial charge in [0, 0.05) is 6.04 Å². The van der Waals surface area contributed by atoms with Gasteiger partial charge in [-0.05, 0) is 25.0 Å². The van der Waals surface area contributed by atoms with Gasteiger partial charge in [0.25, 0.3) is 6.43 Å². The molecule has 0 aromatic heterocycles. The lowest BCUT2D eigenvalue weighted by Gasteiger charge is -2.07. The van der Waals surface area contributed by atoms with E-state index < -0.39 is 17.8 Å². The molecule has 1 aromatic rings. The van der Waals surface area contributed by atoms with E-state index in [-0.39, 0.29) is 6.04 Å². The van der Waals surface area contributed by atoms with Crippen LogP contribution in [0.3, 0.4) is 0 Å². The van der Waals surface area contributed by atoms with E-state index in [0.717, 1.165) is 12.1 Å². The van der Waals surface area contributed by atoms with Crippen LogP contribution in [0.1, 0.15) is 24.5 Å². The van der Waals surface area contributed by atoms with Gasteiger partial charge in [-0.3, -0.25) is 0 Å². The molecule has 0 heterocycles. The van der Waals surface area contributed by atoms with Gasteiger partial charge in [-0.15, -0.1) is 0 Å². The number of nitrogens with two attached hydrogens (primary N) is 1. The Bertz CT molecular complexity index is 310. The topological polar surface area (TPSA) is 26.0 Å². The maximum absolute atomic E-state index is 13.0. The molecule has 0 spiro atoms. The normalized spacial score (nSPS) is 13.3. The zero-order chi connectivity index (χ0) is 10.7. The highest BCUT2D eigenvalue weighted by atomic mass is 19.3. The highest BCUT2D eigenvalue weighted by molar-refractivity contribution is 5.25. The van der Waals surface area contributed by atoms with Crippen molar-refractivity contribution >= 4 is 0 Å². The molecule has 4 heteroatoms. The number of benzene rings is 1. The third kappa shape index (κ3) is 2.73. The number of alkyl halides is 2. The van der Waals surface area contributed by atoms with Crippen molar-refractivity contribution in [2.45, 2.75) is 25.8 Å². The number of hydrogen-bond acceptors (Lipinski definition) is 1. The van der Waals surface area contributed by atoms with Gasteiger partial charge in [0.1, 0.15) is 5.82 Å². The first kappa shape index (κ1) is 11.0. The maximum Gasteiger partial charge on any atom is 0.266 e. The van der Waals surface area contributed by atoms with Gasteiger partial charge in [-0.25, -0.2) is 13.2 Å². The minimum absolute atomic E-state index is 0.105. The van der Waals surface area contributed by atoms with Crippen LogP contribution in [0.15, 0.2) is 18.2 Å². The van der Waals surface area contributed by atoms with Crippen LogP contribution in [0, 0.1) is 5.82 Å². The van der Waals surface area contributed by atoms with Crippen molar-refractivity contribution < 1.29 is 13.2 Å². The Kier molecular flexibility index (Phi) is 3.52. The molecule has 0 fully saturated rings. The van der Waals surface area contributed by atoms with Gasteiger partial charge in [0.2, 0.25) is 0 Å². The lowest BCUT2D eigenvalue weighted by Crippen LogP contribution is -2.17. The Morgan fingerprint density at radius 3 is 2.43 bits per heavy atom. The fourth-order valence-corrected chi connectivity index (χ4v) is 1.25. The van der Waals surface area contributed by atoms with E-state index in [1.54, 1.807) is 6.92 Å². The molecule has 14 heavy (non-hydrogen) atoms. The van der Waals surface area contributed by atoms with Crippen molar-refractivity contribution in [2.75, 3.05) is 0 Å². The van der Waals surface area contributed by atoms with Crippen LogP contribution >= 0.6 is 0 Å². The Morgan fingerprint density at radius 1 is 1.36 bits per heavy atom. The molecule has 2 N–H and O–H groups in total. The first-order chi connectivity index (χ1) is 6.50. The molecule has 0 bridgehead atoms. The first-order valence-corrected chi connectivity index (χ1v) is 4.32. The highest BCUT2D eigenvalue weighted by Gasteiger charge is 2.13. The summed E-state index contributed by atoms with van der Waals surface area (Å²) in [4.78, 5) is 0. The Hall–Kier alpha value is -1.03. The minimum atomic E-state index is -2.76. The van der Waals surface area contributed by atoms with E-state index in [1.165, 1.54) is 6.07 Å². The van der Waals surface area contributed by atoms with E-state index >= 15 is 0 Å². The van der Waals surface area contributed by atoms with Crippen molar-refractivity contribution in [2.24, 2.45) is 5.73 Å². The van der Waals surface area contributed by atoms with Crippen LogP contribution in [0.2, 0.25) is 0 Å². The second-order valence-corrected chi connectivity index (χ2v) is 3.34. The van der Waals surface area contributed by atoms with E-state index in [1.807, 2.05) is 0 Å². The molecule has 0 saturated carbocycles. The summed E-state index contributed by atoms with van der Waals surface area (Å²) in [6.07, 6.45) is -2.28. The lowest BCUT2D eigenvalue weighted by atomic mass is 10.1. The largest absolute Gasteiger partial charge is 0.328 e. The van der Waals surface area contributed by atoms with Crippen LogP contribution in [-0.4, -0.2) is 6.04 Å². The minimum Gasteiger partial charge on any atom is -0.328 e. The van der Waals surface area contributed by atoms with Crippen LogP contribution < -0.4 is 5.73 Å². The quantitative estimate of drug-likeness (QED) is 0.802. The first-order valence-electron chi connectivity index (χ1n) is 4.32. The van der Waals surface area contributed by atoms with Gasteiger partial charge < -0.3 is 5.73 Å². The summed E-state index contributed by atoms with van der Waals surface area (Å²) in [6.45, 7) is 1.78. The monoisotopic (exact) mass is 203 g/mol. The summed E-state index contributed by atoms with van der Waals surface area (Å²) in [5.74, 6) is -0.863. The van der Waals surface area contributed by atoms with Crippen LogP contribution in [0.25, 0.3) is 0 Å². The molecule has 0 aliphatic rings. The predicted octanol–water partition coefficient (Wildman–Crippen LogP) is 2.65. The molecule has 0 aliphatic carbocycles. The molecule has 1 nitrogen and oxygen atoms in total. The molecule has 0 aliphatic heterocycles. The zero-order valence-electron chi connectivity index (χ0n) is 7.81. The van der Waals surface area contributed by atoms with E-state index in [2.05, 4.69) is 0 Å². The lowest BCUT2D eigenvalue weighted by molar-refractivity contribution is 0.146. The van der Waals surface area contributed by atoms with Gasteiger partial charge in [-0.2, -0.15) is 0 Å². The average Bonchev–Trinajstić information content (AvgIpc) is 2.01. The highest BCUT2D eigenvalue weighted by Crippen LogP contribution is 2.22. The van der Waals surface area contributed by atoms with Crippen molar-refractivity contribution in [1.82, 2.24) is 0 Å². The molecular weight excluding hydrogens is 191 g/mol. The van der Waals surface area contributed by atoms with E-state index in [4.69, 9.17) is 5.73 Å². The molecule has 78 valence electrons. The average molecular weight is 203 g/mol. The summed E-state index contributed by atoms with van der Waals surface area (Å²) in [5.41, 5.74) is 5.59. The SMILES string of the molecule is C[C@H](N)Cc1ccc(C(F)F)c(F)c1. The maximum atomic E-state index is 13.0. The summed E-state index contributed by atoms with van der Waals surface area (Å²) in [5, 5.41) is 0. The molecule has 0 saturated heterocycles. The van der Waals surface area contributed by atoms with Crippen LogP contribution in [-0.2, 0) is 6.42 Å². The molecule has 0 unspecified atom stereocenters. The molecule has 0 amide bonds.